The van der Waals surface area contributed by atoms with Crippen molar-refractivity contribution >= 4 is 10.9 Å². The van der Waals surface area contributed by atoms with Gasteiger partial charge in [0.05, 0.1) is 17.9 Å². The third-order valence-corrected chi connectivity index (χ3v) is 5.11. The Kier molecular flexibility index (Phi) is 4.10. The molecule has 4 aromatic rings. The van der Waals surface area contributed by atoms with E-state index in [0.29, 0.717) is 6.61 Å². The van der Waals surface area contributed by atoms with Crippen LogP contribution in [0.15, 0.2) is 67.3 Å². The molecule has 6 nitrogen and oxygen atoms in total. The summed E-state index contributed by atoms with van der Waals surface area (Å²) in [6.07, 6.45) is 7.38. The smallest absolute Gasteiger partial charge is 0.137 e. The Labute approximate surface area is 157 Å². The molecule has 1 aromatic carbocycles. The maximum Gasteiger partial charge on any atom is 0.137 e. The predicted molar refractivity (Wildman–Crippen MR) is 103 cm³/mol. The lowest BCUT2D eigenvalue weighted by Gasteiger charge is -2.34. The van der Waals surface area contributed by atoms with Gasteiger partial charge in [0.25, 0.3) is 0 Å². The minimum atomic E-state index is 0.175. The minimum absolute atomic E-state index is 0.175. The van der Waals surface area contributed by atoms with Crippen LogP contribution in [0, 0.1) is 0 Å². The van der Waals surface area contributed by atoms with Crippen LogP contribution in [0.3, 0.4) is 0 Å². The molecule has 0 saturated carbocycles. The normalized spacial score (nSPS) is 17.1. The molecule has 27 heavy (non-hydrogen) atoms. The number of hydrogen-bond donors (Lipinski definition) is 1. The van der Waals surface area contributed by atoms with Gasteiger partial charge in [0.2, 0.25) is 0 Å². The first-order valence-corrected chi connectivity index (χ1v) is 9.19. The van der Waals surface area contributed by atoms with E-state index in [4.69, 9.17) is 4.74 Å². The number of pyridine rings is 1. The van der Waals surface area contributed by atoms with Crippen molar-refractivity contribution in [2.75, 3.05) is 13.2 Å². The van der Waals surface area contributed by atoms with Crippen molar-refractivity contribution in [3.8, 4) is 5.75 Å². The van der Waals surface area contributed by atoms with Gasteiger partial charge >= 0.3 is 0 Å². The highest BCUT2D eigenvalue weighted by molar-refractivity contribution is 5.82. The van der Waals surface area contributed by atoms with Gasteiger partial charge in [0.15, 0.2) is 0 Å². The van der Waals surface area contributed by atoms with Gasteiger partial charge in [-0.1, -0.05) is 12.1 Å². The van der Waals surface area contributed by atoms with Gasteiger partial charge in [-0.05, 0) is 35.9 Å². The van der Waals surface area contributed by atoms with E-state index in [9.17, 15) is 0 Å². The zero-order valence-electron chi connectivity index (χ0n) is 15.0. The predicted octanol–water partition coefficient (Wildman–Crippen LogP) is 3.40. The Bertz CT molecular complexity index is 1040. The number of aromatic nitrogens is 4. The van der Waals surface area contributed by atoms with Gasteiger partial charge in [-0.2, -0.15) is 5.10 Å². The molecule has 0 radical (unpaired) electrons. The summed E-state index contributed by atoms with van der Waals surface area (Å²) >= 11 is 0. The van der Waals surface area contributed by atoms with Crippen molar-refractivity contribution < 1.29 is 4.74 Å². The summed E-state index contributed by atoms with van der Waals surface area (Å²) in [5.41, 5.74) is 3.75. The molecule has 3 aromatic heterocycles. The van der Waals surface area contributed by atoms with Crippen molar-refractivity contribution in [3.63, 3.8) is 0 Å². The Morgan fingerprint density at radius 2 is 2.11 bits per heavy atom. The number of benzene rings is 1. The fourth-order valence-corrected chi connectivity index (χ4v) is 3.86. The molecule has 0 aliphatic carbocycles. The molecule has 1 N–H and O–H groups in total. The summed E-state index contributed by atoms with van der Waals surface area (Å²) in [5, 5.41) is 5.81. The average molecular weight is 359 g/mol. The number of aromatic amines is 1. The van der Waals surface area contributed by atoms with Crippen LogP contribution in [-0.2, 0) is 13.1 Å². The van der Waals surface area contributed by atoms with Crippen LogP contribution in [0.1, 0.15) is 17.3 Å². The lowest BCUT2D eigenvalue weighted by Crippen LogP contribution is -2.39. The molecule has 0 amide bonds. The molecular formula is C21H21N5O. The van der Waals surface area contributed by atoms with Gasteiger partial charge in [0.1, 0.15) is 12.4 Å². The van der Waals surface area contributed by atoms with Crippen LogP contribution in [-0.4, -0.2) is 37.8 Å². The van der Waals surface area contributed by atoms with Crippen molar-refractivity contribution in [3.05, 3.63) is 78.5 Å². The SMILES string of the molecule is c1cncc(OC[C@H]2CN(Cc3cccc4[nH]ccc34)Cc3ccnn32)c1. The van der Waals surface area contributed by atoms with Crippen molar-refractivity contribution in [2.24, 2.45) is 0 Å². The quantitative estimate of drug-likeness (QED) is 0.593. The van der Waals surface area contributed by atoms with E-state index < -0.39 is 0 Å². The second-order valence-corrected chi connectivity index (χ2v) is 6.95. The number of rotatable bonds is 5. The van der Waals surface area contributed by atoms with E-state index >= 15 is 0 Å². The molecule has 4 heterocycles. The van der Waals surface area contributed by atoms with Gasteiger partial charge in [-0.25, -0.2) is 0 Å². The number of fused-ring (bicyclic) bond motifs is 2. The number of nitrogens with one attached hydrogen (secondary N) is 1. The summed E-state index contributed by atoms with van der Waals surface area (Å²) in [6, 6.07) is 14.7. The van der Waals surface area contributed by atoms with Crippen LogP contribution in [0.2, 0.25) is 0 Å². The molecular weight excluding hydrogens is 338 g/mol. The second kappa shape index (κ2) is 6.89. The lowest BCUT2D eigenvalue weighted by molar-refractivity contribution is 0.127. The molecule has 1 aliphatic rings. The molecule has 0 spiro atoms. The van der Waals surface area contributed by atoms with Crippen molar-refractivity contribution in [2.45, 2.75) is 19.1 Å². The standard InChI is InChI=1S/C21H21N5O/c1-3-16(20-7-9-23-21(20)5-1)12-25-13-17-6-10-24-26(17)18(14-25)15-27-19-4-2-8-22-11-19/h1-11,18,23H,12-15H2/t18-/m1/s1. The second-order valence-electron chi connectivity index (χ2n) is 6.95. The van der Waals surface area contributed by atoms with Crippen LogP contribution in [0.4, 0.5) is 0 Å². The average Bonchev–Trinajstić information content (AvgIpc) is 3.36. The molecule has 136 valence electrons. The van der Waals surface area contributed by atoms with Gasteiger partial charge in [0, 0.05) is 49.1 Å². The Morgan fingerprint density at radius 1 is 1.11 bits per heavy atom. The Morgan fingerprint density at radius 3 is 3.04 bits per heavy atom. The molecule has 6 heteroatoms. The van der Waals surface area contributed by atoms with Crippen molar-refractivity contribution in [1.82, 2.24) is 24.6 Å². The summed E-state index contributed by atoms with van der Waals surface area (Å²) in [5.74, 6) is 0.792. The first-order chi connectivity index (χ1) is 13.4. The first kappa shape index (κ1) is 16.1. The number of nitrogens with zero attached hydrogens (tertiary/aromatic N) is 4. The number of H-pyrrole nitrogens is 1. The van der Waals surface area contributed by atoms with E-state index in [0.717, 1.165) is 25.4 Å². The van der Waals surface area contributed by atoms with E-state index in [1.54, 1.807) is 12.4 Å². The van der Waals surface area contributed by atoms with Gasteiger partial charge in [-0.3, -0.25) is 14.6 Å². The topological polar surface area (TPSA) is 59.0 Å². The largest absolute Gasteiger partial charge is 0.490 e. The lowest BCUT2D eigenvalue weighted by atomic mass is 10.1. The van der Waals surface area contributed by atoms with Crippen LogP contribution in [0.25, 0.3) is 10.9 Å². The fraction of sp³-hybridized carbons (Fsp3) is 0.238. The van der Waals surface area contributed by atoms with E-state index in [2.05, 4.69) is 55.0 Å². The Hall–Kier alpha value is -3.12. The first-order valence-electron chi connectivity index (χ1n) is 9.19. The zero-order chi connectivity index (χ0) is 18.1. The molecule has 0 fully saturated rings. The summed E-state index contributed by atoms with van der Waals surface area (Å²) in [6.45, 7) is 3.27. The van der Waals surface area contributed by atoms with Gasteiger partial charge in [-0.15, -0.1) is 0 Å². The Balaban J connectivity index is 1.35. The maximum atomic E-state index is 5.97. The zero-order valence-corrected chi connectivity index (χ0v) is 15.0. The molecule has 0 bridgehead atoms. The summed E-state index contributed by atoms with van der Waals surface area (Å²) in [7, 11) is 0. The van der Waals surface area contributed by atoms with Crippen LogP contribution < -0.4 is 4.74 Å². The molecule has 1 aliphatic heterocycles. The third-order valence-electron chi connectivity index (χ3n) is 5.11. The molecule has 0 unspecified atom stereocenters. The maximum absolute atomic E-state index is 5.97. The van der Waals surface area contributed by atoms with Crippen molar-refractivity contribution in [1.29, 1.82) is 0 Å². The fourth-order valence-electron chi connectivity index (χ4n) is 3.86. The highest BCUT2D eigenvalue weighted by Gasteiger charge is 2.26. The third kappa shape index (κ3) is 3.19. The highest BCUT2D eigenvalue weighted by Crippen LogP contribution is 2.25. The molecule has 0 saturated heterocycles. The van der Waals surface area contributed by atoms with Crippen LogP contribution in [0.5, 0.6) is 5.75 Å². The van der Waals surface area contributed by atoms with Gasteiger partial charge < -0.3 is 9.72 Å². The minimum Gasteiger partial charge on any atom is -0.490 e. The molecule has 1 atom stereocenters. The summed E-state index contributed by atoms with van der Waals surface area (Å²) in [4.78, 5) is 9.88. The highest BCUT2D eigenvalue weighted by atomic mass is 16.5. The van der Waals surface area contributed by atoms with Crippen LogP contribution >= 0.6 is 0 Å². The monoisotopic (exact) mass is 359 g/mol. The molecule has 5 rings (SSSR count). The number of ether oxygens (including phenoxy) is 1. The summed E-state index contributed by atoms with van der Waals surface area (Å²) < 4.78 is 8.07. The van der Waals surface area contributed by atoms with E-state index in [1.165, 1.54) is 22.2 Å². The number of hydrogen-bond acceptors (Lipinski definition) is 4. The van der Waals surface area contributed by atoms with E-state index in [-0.39, 0.29) is 6.04 Å². The van der Waals surface area contributed by atoms with E-state index in [1.807, 2.05) is 24.5 Å².